The topological polar surface area (TPSA) is 29.9 Å². The number of halogens is 1. The molecule has 0 bridgehead atoms. The second-order valence-electron chi connectivity index (χ2n) is 5.63. The molecular weight excluding hydrogens is 314 g/mol. The Balaban J connectivity index is 2.36. The molecule has 20 heavy (non-hydrogen) atoms. The van der Waals surface area contributed by atoms with Gasteiger partial charge in [0.1, 0.15) is 0 Å². The van der Waals surface area contributed by atoms with Gasteiger partial charge in [-0.1, -0.05) is 43.6 Å². The molecule has 4 heteroatoms. The maximum Gasteiger partial charge on any atom is 0.0649 e. The average molecular weight is 336 g/mol. The summed E-state index contributed by atoms with van der Waals surface area (Å²) in [5.74, 6) is 0.435. The van der Waals surface area contributed by atoms with E-state index in [1.165, 1.54) is 11.3 Å². The minimum Gasteiger partial charge on any atom is -0.310 e. The Labute approximate surface area is 129 Å². The number of hydrogen-bond acceptors (Lipinski definition) is 2. The van der Waals surface area contributed by atoms with Gasteiger partial charge in [-0.15, -0.1) is 0 Å². The summed E-state index contributed by atoms with van der Waals surface area (Å²) in [5.41, 5.74) is 3.66. The van der Waals surface area contributed by atoms with Crippen molar-refractivity contribution >= 4 is 15.9 Å². The van der Waals surface area contributed by atoms with E-state index >= 15 is 0 Å². The van der Waals surface area contributed by atoms with Gasteiger partial charge in [-0.25, -0.2) is 4.68 Å². The number of benzene rings is 1. The molecule has 1 aromatic heterocycles. The molecule has 2 rings (SSSR count). The lowest BCUT2D eigenvalue weighted by Crippen LogP contribution is -2.22. The van der Waals surface area contributed by atoms with Crippen LogP contribution in [0.3, 0.4) is 0 Å². The van der Waals surface area contributed by atoms with Crippen molar-refractivity contribution in [2.24, 2.45) is 0 Å². The fourth-order valence-corrected chi connectivity index (χ4v) is 2.51. The van der Waals surface area contributed by atoms with Crippen molar-refractivity contribution in [1.82, 2.24) is 15.1 Å². The zero-order chi connectivity index (χ0) is 14.7. The van der Waals surface area contributed by atoms with Gasteiger partial charge in [-0.3, -0.25) is 0 Å². The zero-order valence-electron chi connectivity index (χ0n) is 12.5. The van der Waals surface area contributed by atoms with Crippen LogP contribution in [-0.4, -0.2) is 15.8 Å². The number of rotatable bonds is 5. The summed E-state index contributed by atoms with van der Waals surface area (Å²) in [7, 11) is 0. The highest BCUT2D eigenvalue weighted by Crippen LogP contribution is 2.24. The maximum absolute atomic E-state index is 4.58. The van der Waals surface area contributed by atoms with E-state index in [9.17, 15) is 0 Å². The Morgan fingerprint density at radius 3 is 2.35 bits per heavy atom. The number of nitrogens with zero attached hydrogens (tertiary/aromatic N) is 2. The van der Waals surface area contributed by atoms with Crippen molar-refractivity contribution in [3.8, 4) is 5.69 Å². The van der Waals surface area contributed by atoms with Crippen molar-refractivity contribution in [2.45, 2.75) is 46.2 Å². The Kier molecular flexibility index (Phi) is 5.00. The molecule has 0 aliphatic rings. The van der Waals surface area contributed by atoms with E-state index in [0.717, 1.165) is 16.7 Å². The van der Waals surface area contributed by atoms with E-state index in [0.29, 0.717) is 12.0 Å². The highest BCUT2D eigenvalue weighted by atomic mass is 79.9. The number of aromatic nitrogens is 2. The standard InChI is InChI=1S/C16H22BrN3/c1-11(2)16-13(9-18-12(3)4)10-19-20(16)15-7-5-14(17)6-8-15/h5-8,10-12,18H,9H2,1-4H3. The van der Waals surface area contributed by atoms with Gasteiger partial charge < -0.3 is 5.32 Å². The van der Waals surface area contributed by atoms with Gasteiger partial charge in [-0.05, 0) is 30.2 Å². The summed E-state index contributed by atoms with van der Waals surface area (Å²) in [6.45, 7) is 9.61. The first kappa shape index (κ1) is 15.3. The fraction of sp³-hybridized carbons (Fsp3) is 0.438. The second-order valence-corrected chi connectivity index (χ2v) is 6.55. The van der Waals surface area contributed by atoms with E-state index in [1.807, 2.05) is 18.3 Å². The van der Waals surface area contributed by atoms with Crippen molar-refractivity contribution in [1.29, 1.82) is 0 Å². The first-order chi connectivity index (χ1) is 9.49. The van der Waals surface area contributed by atoms with Crippen LogP contribution in [0.25, 0.3) is 5.69 Å². The number of nitrogens with one attached hydrogen (secondary N) is 1. The number of hydrogen-bond donors (Lipinski definition) is 1. The van der Waals surface area contributed by atoms with Gasteiger partial charge in [0.05, 0.1) is 17.6 Å². The van der Waals surface area contributed by atoms with Gasteiger partial charge in [0.2, 0.25) is 0 Å². The lowest BCUT2D eigenvalue weighted by Gasteiger charge is -2.14. The van der Waals surface area contributed by atoms with Crippen LogP contribution in [0.5, 0.6) is 0 Å². The van der Waals surface area contributed by atoms with Crippen molar-refractivity contribution in [3.63, 3.8) is 0 Å². The van der Waals surface area contributed by atoms with Gasteiger partial charge in [-0.2, -0.15) is 5.10 Å². The van der Waals surface area contributed by atoms with Crippen LogP contribution in [-0.2, 0) is 6.54 Å². The molecule has 0 unspecified atom stereocenters. The monoisotopic (exact) mass is 335 g/mol. The molecule has 0 aliphatic carbocycles. The third-order valence-electron chi connectivity index (χ3n) is 3.21. The van der Waals surface area contributed by atoms with E-state index in [2.05, 4.69) is 70.9 Å². The normalized spacial score (nSPS) is 11.6. The quantitative estimate of drug-likeness (QED) is 0.884. The van der Waals surface area contributed by atoms with E-state index in [-0.39, 0.29) is 0 Å². The third kappa shape index (κ3) is 3.49. The third-order valence-corrected chi connectivity index (χ3v) is 3.73. The first-order valence-corrected chi connectivity index (χ1v) is 7.84. The predicted molar refractivity (Wildman–Crippen MR) is 87.3 cm³/mol. The summed E-state index contributed by atoms with van der Waals surface area (Å²) in [6, 6.07) is 8.75. The highest BCUT2D eigenvalue weighted by Gasteiger charge is 2.15. The van der Waals surface area contributed by atoms with Gasteiger partial charge >= 0.3 is 0 Å². The maximum atomic E-state index is 4.58. The average Bonchev–Trinajstić information content (AvgIpc) is 2.81. The van der Waals surface area contributed by atoms with Crippen LogP contribution >= 0.6 is 15.9 Å². The van der Waals surface area contributed by atoms with E-state index in [1.54, 1.807) is 0 Å². The van der Waals surface area contributed by atoms with Crippen LogP contribution in [0.4, 0.5) is 0 Å². The summed E-state index contributed by atoms with van der Waals surface area (Å²) in [4.78, 5) is 0. The van der Waals surface area contributed by atoms with E-state index in [4.69, 9.17) is 0 Å². The smallest absolute Gasteiger partial charge is 0.0649 e. The van der Waals surface area contributed by atoms with Crippen molar-refractivity contribution < 1.29 is 0 Å². The lowest BCUT2D eigenvalue weighted by molar-refractivity contribution is 0.582. The Morgan fingerprint density at radius 2 is 1.80 bits per heavy atom. The van der Waals surface area contributed by atoms with Gasteiger partial charge in [0.25, 0.3) is 0 Å². The lowest BCUT2D eigenvalue weighted by atomic mass is 10.1. The van der Waals surface area contributed by atoms with Crippen LogP contribution in [0, 0.1) is 0 Å². The zero-order valence-corrected chi connectivity index (χ0v) is 14.1. The molecule has 108 valence electrons. The van der Waals surface area contributed by atoms with Crippen LogP contribution in [0.1, 0.15) is 44.9 Å². The summed E-state index contributed by atoms with van der Waals surface area (Å²) < 4.78 is 3.13. The van der Waals surface area contributed by atoms with Gasteiger partial charge in [0.15, 0.2) is 0 Å². The molecule has 0 spiro atoms. The molecular formula is C16H22BrN3. The minimum absolute atomic E-state index is 0.435. The Morgan fingerprint density at radius 1 is 1.15 bits per heavy atom. The summed E-state index contributed by atoms with van der Waals surface area (Å²) >= 11 is 3.47. The molecule has 0 amide bonds. The summed E-state index contributed by atoms with van der Waals surface area (Å²) in [6.07, 6.45) is 1.98. The molecule has 0 radical (unpaired) electrons. The molecule has 0 atom stereocenters. The molecule has 0 saturated carbocycles. The highest BCUT2D eigenvalue weighted by molar-refractivity contribution is 9.10. The molecule has 1 aromatic carbocycles. The molecule has 1 heterocycles. The SMILES string of the molecule is CC(C)NCc1cnn(-c2ccc(Br)cc2)c1C(C)C. The van der Waals surface area contributed by atoms with Crippen LogP contribution in [0.2, 0.25) is 0 Å². The summed E-state index contributed by atoms with van der Waals surface area (Å²) in [5, 5.41) is 8.05. The second kappa shape index (κ2) is 6.55. The van der Waals surface area contributed by atoms with Crippen LogP contribution in [0.15, 0.2) is 34.9 Å². The van der Waals surface area contributed by atoms with Crippen molar-refractivity contribution in [2.75, 3.05) is 0 Å². The largest absolute Gasteiger partial charge is 0.310 e. The molecule has 2 aromatic rings. The molecule has 3 nitrogen and oxygen atoms in total. The molecule has 0 fully saturated rings. The molecule has 0 aliphatic heterocycles. The Hall–Kier alpha value is -1.13. The minimum atomic E-state index is 0.435. The first-order valence-electron chi connectivity index (χ1n) is 7.05. The molecule has 1 N–H and O–H groups in total. The van der Waals surface area contributed by atoms with Gasteiger partial charge in [0, 0.05) is 22.6 Å². The van der Waals surface area contributed by atoms with Crippen molar-refractivity contribution in [3.05, 3.63) is 46.2 Å². The van der Waals surface area contributed by atoms with Crippen LogP contribution < -0.4 is 5.32 Å². The van der Waals surface area contributed by atoms with E-state index < -0.39 is 0 Å². The predicted octanol–water partition coefficient (Wildman–Crippen LogP) is 4.26. The molecule has 0 saturated heterocycles. The Bertz CT molecular complexity index is 556. The fourth-order valence-electron chi connectivity index (χ4n) is 2.25.